The molecule has 1 rings (SSSR count). The van der Waals surface area contributed by atoms with E-state index < -0.39 is 5.97 Å². The van der Waals surface area contributed by atoms with E-state index in [0.29, 0.717) is 16.3 Å². The molecule has 78 valence electrons. The number of carboxylic acids is 1. The molecule has 5 heteroatoms. The molecule has 0 aromatic heterocycles. The first-order valence-corrected chi connectivity index (χ1v) is 4.55. The largest absolute Gasteiger partial charge is 0.492 e. The van der Waals surface area contributed by atoms with Crippen LogP contribution in [0.1, 0.15) is 12.0 Å². The fourth-order valence-corrected chi connectivity index (χ4v) is 1.12. The normalized spacial score (nSPS) is 9.33. The van der Waals surface area contributed by atoms with Gasteiger partial charge in [-0.25, -0.2) is 0 Å². The Bertz CT molecular complexity index is 412. The van der Waals surface area contributed by atoms with Gasteiger partial charge in [-0.05, 0) is 12.1 Å². The van der Waals surface area contributed by atoms with Crippen LogP contribution >= 0.6 is 11.6 Å². The summed E-state index contributed by atoms with van der Waals surface area (Å²) in [6.45, 7) is 0.0182. The van der Waals surface area contributed by atoms with E-state index in [9.17, 15) is 4.79 Å². The molecule has 0 radical (unpaired) electrons. The number of ether oxygens (including phenoxy) is 1. The average Bonchev–Trinajstić information content (AvgIpc) is 2.17. The predicted octanol–water partition coefficient (Wildman–Crippen LogP) is 2.07. The van der Waals surface area contributed by atoms with Crippen molar-refractivity contribution in [2.75, 3.05) is 6.61 Å². The Morgan fingerprint density at radius 2 is 2.33 bits per heavy atom. The van der Waals surface area contributed by atoms with Crippen LogP contribution in [0.4, 0.5) is 0 Å². The minimum atomic E-state index is -0.949. The molecule has 0 bridgehead atoms. The van der Waals surface area contributed by atoms with Crippen molar-refractivity contribution < 1.29 is 14.6 Å². The minimum absolute atomic E-state index is 0.0182. The maximum Gasteiger partial charge on any atom is 0.306 e. The summed E-state index contributed by atoms with van der Waals surface area (Å²) in [6, 6.07) is 6.52. The highest BCUT2D eigenvalue weighted by Gasteiger charge is 2.05. The molecule has 0 aliphatic rings. The molecule has 0 atom stereocenters. The molecule has 1 N–H and O–H groups in total. The highest BCUT2D eigenvalue weighted by molar-refractivity contribution is 6.30. The second kappa shape index (κ2) is 5.23. The number of benzene rings is 1. The van der Waals surface area contributed by atoms with Crippen molar-refractivity contribution in [1.29, 1.82) is 5.26 Å². The summed E-state index contributed by atoms with van der Waals surface area (Å²) in [7, 11) is 0. The number of carboxylic acid groups (broad SMARTS) is 1. The van der Waals surface area contributed by atoms with Crippen molar-refractivity contribution in [3.63, 3.8) is 0 Å². The minimum Gasteiger partial charge on any atom is -0.492 e. The summed E-state index contributed by atoms with van der Waals surface area (Å²) < 4.78 is 5.13. The van der Waals surface area contributed by atoms with Crippen molar-refractivity contribution in [3.05, 3.63) is 28.8 Å². The van der Waals surface area contributed by atoms with Gasteiger partial charge in [-0.2, -0.15) is 5.26 Å². The van der Waals surface area contributed by atoms with E-state index in [4.69, 9.17) is 26.7 Å². The lowest BCUT2D eigenvalue weighted by Gasteiger charge is -2.06. The summed E-state index contributed by atoms with van der Waals surface area (Å²) >= 11 is 5.71. The lowest BCUT2D eigenvalue weighted by Crippen LogP contribution is -2.05. The number of rotatable bonds is 4. The van der Waals surface area contributed by atoms with Gasteiger partial charge in [-0.3, -0.25) is 4.79 Å². The van der Waals surface area contributed by atoms with Gasteiger partial charge in [0, 0.05) is 11.1 Å². The fourth-order valence-electron chi connectivity index (χ4n) is 0.956. The van der Waals surface area contributed by atoms with Crippen LogP contribution in [0.15, 0.2) is 18.2 Å². The van der Waals surface area contributed by atoms with Gasteiger partial charge < -0.3 is 9.84 Å². The third-order valence-electron chi connectivity index (χ3n) is 1.64. The Kier molecular flexibility index (Phi) is 3.95. The van der Waals surface area contributed by atoms with Gasteiger partial charge in [0.2, 0.25) is 0 Å². The summed E-state index contributed by atoms with van der Waals surface area (Å²) in [4.78, 5) is 10.2. The first-order valence-electron chi connectivity index (χ1n) is 4.17. The number of hydrogen-bond acceptors (Lipinski definition) is 3. The molecular formula is C10H8ClNO3. The van der Waals surface area contributed by atoms with Crippen molar-refractivity contribution in [2.45, 2.75) is 6.42 Å². The topological polar surface area (TPSA) is 70.3 Å². The van der Waals surface area contributed by atoms with E-state index in [-0.39, 0.29) is 13.0 Å². The van der Waals surface area contributed by atoms with Crippen molar-refractivity contribution in [2.24, 2.45) is 0 Å². The molecule has 1 aromatic carbocycles. The fraction of sp³-hybridized carbons (Fsp3) is 0.200. The molecule has 0 unspecified atom stereocenters. The van der Waals surface area contributed by atoms with Gasteiger partial charge in [0.15, 0.2) is 0 Å². The van der Waals surface area contributed by atoms with E-state index in [0.717, 1.165) is 0 Å². The Balaban J connectivity index is 2.71. The molecule has 0 saturated heterocycles. The van der Waals surface area contributed by atoms with Gasteiger partial charge in [-0.1, -0.05) is 11.6 Å². The monoisotopic (exact) mass is 225 g/mol. The third kappa shape index (κ3) is 3.49. The van der Waals surface area contributed by atoms with Crippen LogP contribution < -0.4 is 4.74 Å². The van der Waals surface area contributed by atoms with Crippen molar-refractivity contribution in [1.82, 2.24) is 0 Å². The molecular weight excluding hydrogens is 218 g/mol. The Labute approximate surface area is 91.7 Å². The van der Waals surface area contributed by atoms with Crippen LogP contribution in [0, 0.1) is 11.3 Å². The molecule has 0 aliphatic carbocycles. The number of nitrogens with zero attached hydrogens (tertiary/aromatic N) is 1. The quantitative estimate of drug-likeness (QED) is 0.852. The van der Waals surface area contributed by atoms with Gasteiger partial charge in [-0.15, -0.1) is 0 Å². The zero-order valence-electron chi connectivity index (χ0n) is 7.74. The predicted molar refractivity (Wildman–Crippen MR) is 53.9 cm³/mol. The molecule has 1 aromatic rings. The summed E-state index contributed by atoms with van der Waals surface area (Å²) in [5.74, 6) is -0.637. The third-order valence-corrected chi connectivity index (χ3v) is 1.87. The van der Waals surface area contributed by atoms with Crippen LogP contribution in [-0.4, -0.2) is 17.7 Å². The standard InChI is InChI=1S/C10H8ClNO3/c11-8-2-1-7(6-12)9(5-8)15-4-3-10(13)14/h1-2,5H,3-4H2,(H,13,14). The van der Waals surface area contributed by atoms with Crippen LogP contribution in [0.3, 0.4) is 0 Å². The number of carbonyl (C=O) groups is 1. The second-order valence-corrected chi connectivity index (χ2v) is 3.18. The molecule has 0 amide bonds. The average molecular weight is 226 g/mol. The van der Waals surface area contributed by atoms with Gasteiger partial charge in [0.1, 0.15) is 11.8 Å². The maximum absolute atomic E-state index is 10.2. The number of halogens is 1. The van der Waals surface area contributed by atoms with Gasteiger partial charge >= 0.3 is 5.97 Å². The lowest BCUT2D eigenvalue weighted by molar-refractivity contribution is -0.137. The van der Waals surface area contributed by atoms with Gasteiger partial charge in [0.25, 0.3) is 0 Å². The van der Waals surface area contributed by atoms with E-state index in [1.807, 2.05) is 6.07 Å². The van der Waals surface area contributed by atoms with Crippen LogP contribution in [-0.2, 0) is 4.79 Å². The highest BCUT2D eigenvalue weighted by Crippen LogP contribution is 2.22. The van der Waals surface area contributed by atoms with Crippen molar-refractivity contribution in [3.8, 4) is 11.8 Å². The molecule has 0 fully saturated rings. The summed E-state index contributed by atoms with van der Waals surface area (Å²) in [6.07, 6.45) is -0.114. The first kappa shape index (κ1) is 11.3. The van der Waals surface area contributed by atoms with Crippen LogP contribution in [0.5, 0.6) is 5.75 Å². The number of nitriles is 1. The highest BCUT2D eigenvalue weighted by atomic mass is 35.5. The smallest absolute Gasteiger partial charge is 0.306 e. The maximum atomic E-state index is 10.2. The Hall–Kier alpha value is -1.73. The van der Waals surface area contributed by atoms with E-state index in [1.54, 1.807) is 6.07 Å². The van der Waals surface area contributed by atoms with Gasteiger partial charge in [0.05, 0.1) is 18.6 Å². The van der Waals surface area contributed by atoms with Crippen LogP contribution in [0.25, 0.3) is 0 Å². The molecule has 0 spiro atoms. The molecule has 0 heterocycles. The number of aliphatic carboxylic acids is 1. The van der Waals surface area contributed by atoms with Crippen LogP contribution in [0.2, 0.25) is 5.02 Å². The van der Waals surface area contributed by atoms with E-state index in [1.165, 1.54) is 12.1 Å². The Morgan fingerprint density at radius 3 is 2.93 bits per heavy atom. The zero-order valence-corrected chi connectivity index (χ0v) is 8.49. The SMILES string of the molecule is N#Cc1ccc(Cl)cc1OCCC(=O)O. The molecule has 15 heavy (non-hydrogen) atoms. The second-order valence-electron chi connectivity index (χ2n) is 2.74. The summed E-state index contributed by atoms with van der Waals surface area (Å²) in [5.41, 5.74) is 0.338. The number of hydrogen-bond donors (Lipinski definition) is 1. The first-order chi connectivity index (χ1) is 7.13. The molecule has 4 nitrogen and oxygen atoms in total. The summed E-state index contributed by atoms with van der Waals surface area (Å²) in [5, 5.41) is 17.6. The zero-order chi connectivity index (χ0) is 11.3. The van der Waals surface area contributed by atoms with E-state index in [2.05, 4.69) is 0 Å². The lowest BCUT2D eigenvalue weighted by atomic mass is 10.2. The molecule has 0 aliphatic heterocycles. The van der Waals surface area contributed by atoms with E-state index >= 15 is 0 Å². The Morgan fingerprint density at radius 1 is 1.60 bits per heavy atom. The van der Waals surface area contributed by atoms with Crippen molar-refractivity contribution >= 4 is 17.6 Å². The molecule has 0 saturated carbocycles.